The zero-order chi connectivity index (χ0) is 30.7. The molecule has 1 heterocycles. The molecule has 0 bridgehead atoms. The molecule has 1 atom stereocenters. The number of hydrogen-bond donors (Lipinski definition) is 1. The van der Waals surface area contributed by atoms with Crippen LogP contribution in [0.5, 0.6) is 5.75 Å². The van der Waals surface area contributed by atoms with Gasteiger partial charge in [0, 0.05) is 6.54 Å². The minimum Gasteiger partial charge on any atom is -0.483 e. The van der Waals surface area contributed by atoms with Gasteiger partial charge in [-0.1, -0.05) is 135 Å². The number of rotatable bonds is 13. The van der Waals surface area contributed by atoms with Gasteiger partial charge in [0.15, 0.2) is 11.4 Å². The molecule has 1 amide bonds. The summed E-state index contributed by atoms with van der Waals surface area (Å²) in [6.07, 6.45) is 1.72. The molecule has 224 valence electrons. The van der Waals surface area contributed by atoms with Gasteiger partial charge >= 0.3 is 0 Å². The molecule has 1 N–H and O–H groups in total. The zero-order valence-electron chi connectivity index (χ0n) is 24.8. The number of carbonyl (C=O) groups is 1. The van der Waals surface area contributed by atoms with Crippen molar-refractivity contribution >= 4 is 5.91 Å². The lowest BCUT2D eigenvalue weighted by atomic mass is 9.89. The van der Waals surface area contributed by atoms with Crippen LogP contribution in [0.2, 0.25) is 0 Å². The third kappa shape index (κ3) is 7.49. The molecular weight excluding hydrogens is 550 g/mol. The van der Waals surface area contributed by atoms with Crippen molar-refractivity contribution in [3.63, 3.8) is 0 Å². The van der Waals surface area contributed by atoms with E-state index in [1.54, 1.807) is 10.9 Å². The van der Waals surface area contributed by atoms with Crippen LogP contribution in [0.3, 0.4) is 0 Å². The van der Waals surface area contributed by atoms with Crippen molar-refractivity contribution in [3.8, 4) is 5.75 Å². The molecule has 7 heteroatoms. The van der Waals surface area contributed by atoms with E-state index in [0.29, 0.717) is 13.0 Å². The van der Waals surface area contributed by atoms with Crippen molar-refractivity contribution in [2.24, 2.45) is 0 Å². The van der Waals surface area contributed by atoms with Crippen LogP contribution in [0, 0.1) is 0 Å². The highest BCUT2D eigenvalue weighted by Crippen LogP contribution is 2.30. The molecular formula is C37H37N3O4. The number of aliphatic hydroxyl groups excluding tert-OH is 1. The quantitative estimate of drug-likeness (QED) is 0.164. The van der Waals surface area contributed by atoms with Crippen LogP contribution in [0.4, 0.5) is 0 Å². The maximum atomic E-state index is 14.3. The highest BCUT2D eigenvalue weighted by atomic mass is 16.5. The number of unbranched alkanes of at least 4 members (excludes halogenated alkanes) is 1. The Morgan fingerprint density at radius 1 is 0.818 bits per heavy atom. The fraction of sp³-hybridized carbons (Fsp3) is 0.216. The molecule has 1 unspecified atom stereocenters. The van der Waals surface area contributed by atoms with Crippen LogP contribution in [0.25, 0.3) is 0 Å². The second kappa shape index (κ2) is 14.9. The second-order valence-corrected chi connectivity index (χ2v) is 10.7. The Hall–Kier alpha value is -5.01. The third-order valence-electron chi connectivity index (χ3n) is 7.51. The Bertz CT molecular complexity index is 1640. The van der Waals surface area contributed by atoms with Crippen LogP contribution in [-0.4, -0.2) is 38.5 Å². The normalized spacial score (nSPS) is 11.7. The van der Waals surface area contributed by atoms with E-state index in [4.69, 9.17) is 4.74 Å². The SMILES string of the molecule is CCCCN(C(=O)c1nn(Cc2ccccc2)cc(OCc2ccccc2)c1=O)C(O)C(c1ccccc1)c1ccccc1. The largest absolute Gasteiger partial charge is 0.483 e. The van der Waals surface area contributed by atoms with Crippen LogP contribution in [0.1, 0.15) is 58.4 Å². The van der Waals surface area contributed by atoms with Crippen molar-refractivity contribution in [3.05, 3.63) is 166 Å². The van der Waals surface area contributed by atoms with Gasteiger partial charge in [-0.25, -0.2) is 0 Å². The number of hydrogen-bond acceptors (Lipinski definition) is 5. The van der Waals surface area contributed by atoms with Crippen LogP contribution in [0.15, 0.2) is 132 Å². The minimum absolute atomic E-state index is 0.0238. The molecule has 7 nitrogen and oxygen atoms in total. The van der Waals surface area contributed by atoms with Gasteiger partial charge in [-0.15, -0.1) is 0 Å². The highest BCUT2D eigenvalue weighted by Gasteiger charge is 2.34. The Balaban J connectivity index is 1.55. The predicted octanol–water partition coefficient (Wildman–Crippen LogP) is 6.26. The molecule has 0 aliphatic carbocycles. The van der Waals surface area contributed by atoms with E-state index in [2.05, 4.69) is 5.10 Å². The lowest BCUT2D eigenvalue weighted by Crippen LogP contribution is -2.46. The number of aromatic nitrogens is 2. The maximum Gasteiger partial charge on any atom is 0.280 e. The lowest BCUT2D eigenvalue weighted by Gasteiger charge is -2.34. The van der Waals surface area contributed by atoms with E-state index < -0.39 is 23.5 Å². The van der Waals surface area contributed by atoms with Crippen molar-refractivity contribution in [1.82, 2.24) is 14.7 Å². The average molecular weight is 588 g/mol. The summed E-state index contributed by atoms with van der Waals surface area (Å²) in [5.41, 5.74) is 2.65. The van der Waals surface area contributed by atoms with E-state index in [-0.39, 0.29) is 24.6 Å². The zero-order valence-corrected chi connectivity index (χ0v) is 24.8. The van der Waals surface area contributed by atoms with Gasteiger partial charge in [-0.2, -0.15) is 5.10 Å². The summed E-state index contributed by atoms with van der Waals surface area (Å²) >= 11 is 0. The predicted molar refractivity (Wildman–Crippen MR) is 171 cm³/mol. The number of benzene rings is 4. The number of amides is 1. The smallest absolute Gasteiger partial charge is 0.280 e. The molecule has 44 heavy (non-hydrogen) atoms. The van der Waals surface area contributed by atoms with E-state index in [1.165, 1.54) is 4.90 Å². The van der Waals surface area contributed by atoms with E-state index in [1.807, 2.05) is 128 Å². The number of ether oxygens (including phenoxy) is 1. The summed E-state index contributed by atoms with van der Waals surface area (Å²) in [5, 5.41) is 16.5. The molecule has 0 saturated carbocycles. The van der Waals surface area contributed by atoms with Gasteiger partial charge in [0.25, 0.3) is 11.3 Å². The molecule has 0 radical (unpaired) electrons. The summed E-state index contributed by atoms with van der Waals surface area (Å²) in [6.45, 7) is 2.76. The maximum absolute atomic E-state index is 14.3. The van der Waals surface area contributed by atoms with Crippen molar-refractivity contribution in [1.29, 1.82) is 0 Å². The van der Waals surface area contributed by atoms with Crippen molar-refractivity contribution < 1.29 is 14.6 Å². The Morgan fingerprint density at radius 3 is 1.89 bits per heavy atom. The Morgan fingerprint density at radius 2 is 1.34 bits per heavy atom. The fourth-order valence-electron chi connectivity index (χ4n) is 5.20. The van der Waals surface area contributed by atoms with E-state index in [0.717, 1.165) is 28.7 Å². The second-order valence-electron chi connectivity index (χ2n) is 10.7. The van der Waals surface area contributed by atoms with E-state index >= 15 is 0 Å². The summed E-state index contributed by atoms with van der Waals surface area (Å²) in [7, 11) is 0. The van der Waals surface area contributed by atoms with Gasteiger partial charge in [0.2, 0.25) is 0 Å². The molecule has 0 aliphatic rings. The fourth-order valence-corrected chi connectivity index (χ4v) is 5.20. The summed E-state index contributed by atoms with van der Waals surface area (Å²) in [4.78, 5) is 29.5. The van der Waals surface area contributed by atoms with Gasteiger partial charge in [0.1, 0.15) is 12.8 Å². The molecule has 0 fully saturated rings. The standard InChI is InChI=1S/C37H37N3O4/c1-2-3-24-40(36(42)33(30-20-12-6-13-21-30)31-22-14-7-15-23-31)37(43)34-35(41)32(44-27-29-18-10-5-11-19-29)26-39(38-34)25-28-16-8-4-9-17-28/h4-23,26,33,36,42H,2-3,24-25,27H2,1H3. The minimum atomic E-state index is -1.25. The van der Waals surface area contributed by atoms with Crippen LogP contribution in [-0.2, 0) is 13.2 Å². The molecule has 4 aromatic carbocycles. The Labute approximate surface area is 258 Å². The average Bonchev–Trinajstić information content (AvgIpc) is 3.07. The topological polar surface area (TPSA) is 84.7 Å². The number of nitrogens with zero attached hydrogens (tertiary/aromatic N) is 3. The molecule has 0 saturated heterocycles. The van der Waals surface area contributed by atoms with Gasteiger partial charge in [-0.3, -0.25) is 14.3 Å². The van der Waals surface area contributed by atoms with Gasteiger partial charge in [0.05, 0.1) is 18.7 Å². The molecule has 5 aromatic rings. The van der Waals surface area contributed by atoms with Crippen molar-refractivity contribution in [2.75, 3.05) is 6.54 Å². The first-order valence-corrected chi connectivity index (χ1v) is 15.0. The molecule has 0 spiro atoms. The number of aliphatic hydroxyl groups is 1. The first-order valence-electron chi connectivity index (χ1n) is 15.0. The van der Waals surface area contributed by atoms with Crippen molar-refractivity contribution in [2.45, 2.75) is 45.1 Å². The molecule has 1 aromatic heterocycles. The summed E-state index contributed by atoms with van der Waals surface area (Å²) < 4.78 is 7.55. The molecule has 0 aliphatic heterocycles. The monoisotopic (exact) mass is 587 g/mol. The van der Waals surface area contributed by atoms with Crippen LogP contribution >= 0.6 is 0 Å². The van der Waals surface area contributed by atoms with E-state index in [9.17, 15) is 14.7 Å². The Kier molecular flexibility index (Phi) is 10.3. The molecule has 5 rings (SSSR count). The lowest BCUT2D eigenvalue weighted by molar-refractivity contribution is -0.00206. The first kappa shape index (κ1) is 30.4. The number of carbonyl (C=O) groups excluding carboxylic acids is 1. The summed E-state index contributed by atoms with van der Waals surface area (Å²) in [5.74, 6) is -1.15. The van der Waals surface area contributed by atoms with Crippen LogP contribution < -0.4 is 10.2 Å². The first-order chi connectivity index (χ1) is 21.5. The van der Waals surface area contributed by atoms with Gasteiger partial charge in [-0.05, 0) is 28.7 Å². The summed E-state index contributed by atoms with van der Waals surface area (Å²) in [6, 6.07) is 38.4. The highest BCUT2D eigenvalue weighted by molar-refractivity contribution is 5.92. The third-order valence-corrected chi connectivity index (χ3v) is 7.51. The van der Waals surface area contributed by atoms with Gasteiger partial charge < -0.3 is 14.7 Å².